The molecule has 0 atom stereocenters. The molecular formula is C18H20N4O3. The Balaban J connectivity index is 1.95. The molecule has 130 valence electrons. The van der Waals surface area contributed by atoms with Crippen LogP contribution in [0.4, 0.5) is 0 Å². The largest absolute Gasteiger partial charge is 0.496 e. The highest BCUT2D eigenvalue weighted by molar-refractivity contribution is 5.88. The van der Waals surface area contributed by atoms with E-state index in [1.165, 1.54) is 13.2 Å². The van der Waals surface area contributed by atoms with E-state index in [1.807, 2.05) is 41.9 Å². The molecule has 25 heavy (non-hydrogen) atoms. The smallest absolute Gasteiger partial charge is 0.335 e. The van der Waals surface area contributed by atoms with Crippen molar-refractivity contribution in [1.82, 2.24) is 19.4 Å². The Labute approximate surface area is 145 Å². The SMILES string of the molecule is COc1cc(C(=O)O)ccc1Cn1cccc2nc(CN(C)C)nc1-2. The van der Waals surface area contributed by atoms with Gasteiger partial charge in [-0.05, 0) is 38.4 Å². The summed E-state index contributed by atoms with van der Waals surface area (Å²) < 4.78 is 7.34. The first-order valence-electron chi connectivity index (χ1n) is 7.84. The Bertz CT molecular complexity index is 873. The van der Waals surface area contributed by atoms with Crippen LogP contribution in [0.3, 0.4) is 0 Å². The number of carboxylic acids is 1. The van der Waals surface area contributed by atoms with Crippen LogP contribution in [0.5, 0.6) is 5.75 Å². The summed E-state index contributed by atoms with van der Waals surface area (Å²) in [5.41, 5.74) is 1.91. The molecule has 0 spiro atoms. The molecular weight excluding hydrogens is 320 g/mol. The maximum Gasteiger partial charge on any atom is 0.335 e. The van der Waals surface area contributed by atoms with Gasteiger partial charge in [0.2, 0.25) is 0 Å². The van der Waals surface area contributed by atoms with Crippen LogP contribution in [0.2, 0.25) is 0 Å². The molecule has 1 aromatic rings. The molecule has 7 heteroatoms. The molecule has 0 saturated heterocycles. The number of aromatic carboxylic acids is 1. The van der Waals surface area contributed by atoms with Gasteiger partial charge in [0.15, 0.2) is 5.82 Å². The van der Waals surface area contributed by atoms with Crippen LogP contribution in [-0.2, 0) is 13.1 Å². The van der Waals surface area contributed by atoms with E-state index in [1.54, 1.807) is 12.1 Å². The lowest BCUT2D eigenvalue weighted by molar-refractivity contribution is 0.0696. The van der Waals surface area contributed by atoms with Gasteiger partial charge in [-0.3, -0.25) is 0 Å². The van der Waals surface area contributed by atoms with Crippen molar-refractivity contribution < 1.29 is 14.6 Å². The number of hydrogen-bond acceptors (Lipinski definition) is 5. The Morgan fingerprint density at radius 2 is 2.08 bits per heavy atom. The van der Waals surface area contributed by atoms with Gasteiger partial charge in [-0.1, -0.05) is 6.07 Å². The number of rotatable bonds is 6. The number of carboxylic acid groups (broad SMARTS) is 1. The number of fused-ring (bicyclic) bond motifs is 1. The third-order valence-electron chi connectivity index (χ3n) is 3.84. The van der Waals surface area contributed by atoms with Gasteiger partial charge in [-0.15, -0.1) is 0 Å². The van der Waals surface area contributed by atoms with Crippen molar-refractivity contribution in [3.63, 3.8) is 0 Å². The van der Waals surface area contributed by atoms with Crippen molar-refractivity contribution in [3.8, 4) is 17.3 Å². The zero-order valence-electron chi connectivity index (χ0n) is 14.4. The van der Waals surface area contributed by atoms with Crippen LogP contribution >= 0.6 is 0 Å². The van der Waals surface area contributed by atoms with Crippen molar-refractivity contribution >= 4 is 5.97 Å². The highest BCUT2D eigenvalue weighted by Crippen LogP contribution is 2.25. The zero-order valence-corrected chi connectivity index (χ0v) is 14.4. The molecule has 0 saturated carbocycles. The van der Waals surface area contributed by atoms with Crippen LogP contribution in [-0.4, -0.2) is 51.7 Å². The summed E-state index contributed by atoms with van der Waals surface area (Å²) in [7, 11) is 5.49. The predicted molar refractivity (Wildman–Crippen MR) is 93.1 cm³/mol. The molecule has 1 N–H and O–H groups in total. The van der Waals surface area contributed by atoms with Crippen molar-refractivity contribution in [2.24, 2.45) is 0 Å². The maximum absolute atomic E-state index is 11.1. The summed E-state index contributed by atoms with van der Waals surface area (Å²) in [6, 6.07) is 8.74. The zero-order chi connectivity index (χ0) is 18.0. The average molecular weight is 340 g/mol. The van der Waals surface area contributed by atoms with E-state index in [0.717, 1.165) is 22.9 Å². The molecule has 0 aliphatic carbocycles. The lowest BCUT2D eigenvalue weighted by atomic mass is 10.1. The lowest BCUT2D eigenvalue weighted by Gasteiger charge is -2.14. The number of aromatic nitrogens is 3. The first-order chi connectivity index (χ1) is 12.0. The van der Waals surface area contributed by atoms with E-state index in [0.29, 0.717) is 18.8 Å². The molecule has 3 rings (SSSR count). The molecule has 0 aromatic heterocycles. The molecule has 2 aliphatic rings. The second kappa shape index (κ2) is 6.90. The second-order valence-electron chi connectivity index (χ2n) is 6.05. The van der Waals surface area contributed by atoms with Crippen molar-refractivity contribution in [1.29, 1.82) is 0 Å². The minimum Gasteiger partial charge on any atom is -0.496 e. The average Bonchev–Trinajstić information content (AvgIpc) is 2.97. The predicted octanol–water partition coefficient (Wildman–Crippen LogP) is 2.20. The molecule has 2 heterocycles. The van der Waals surface area contributed by atoms with E-state index >= 15 is 0 Å². The summed E-state index contributed by atoms with van der Waals surface area (Å²) in [5.74, 6) is 1.13. The number of benzene rings is 1. The van der Waals surface area contributed by atoms with Gasteiger partial charge in [0.25, 0.3) is 0 Å². The topological polar surface area (TPSA) is 80.5 Å². The van der Waals surface area contributed by atoms with Crippen LogP contribution < -0.4 is 4.74 Å². The van der Waals surface area contributed by atoms with Crippen LogP contribution in [0.15, 0.2) is 36.5 Å². The van der Waals surface area contributed by atoms with Crippen LogP contribution in [0.25, 0.3) is 11.5 Å². The van der Waals surface area contributed by atoms with Gasteiger partial charge >= 0.3 is 5.97 Å². The van der Waals surface area contributed by atoms with E-state index in [-0.39, 0.29) is 5.56 Å². The molecule has 0 radical (unpaired) electrons. The summed E-state index contributed by atoms with van der Waals surface area (Å²) in [5, 5.41) is 9.12. The highest BCUT2D eigenvalue weighted by atomic mass is 16.5. The molecule has 0 unspecified atom stereocenters. The van der Waals surface area contributed by atoms with Gasteiger partial charge < -0.3 is 19.3 Å². The molecule has 0 amide bonds. The summed E-state index contributed by atoms with van der Waals surface area (Å²) in [6.07, 6.45) is 1.93. The van der Waals surface area contributed by atoms with E-state index in [2.05, 4.69) is 9.97 Å². The molecule has 2 aliphatic heterocycles. The van der Waals surface area contributed by atoms with Crippen molar-refractivity contribution in [2.45, 2.75) is 13.1 Å². The van der Waals surface area contributed by atoms with Crippen LogP contribution in [0.1, 0.15) is 21.7 Å². The fourth-order valence-corrected chi connectivity index (χ4v) is 2.70. The quantitative estimate of drug-likeness (QED) is 0.741. The number of hydrogen-bond donors (Lipinski definition) is 1. The van der Waals surface area contributed by atoms with Gasteiger partial charge in [-0.25, -0.2) is 14.8 Å². The second-order valence-corrected chi connectivity index (χ2v) is 6.05. The molecule has 7 nitrogen and oxygen atoms in total. The van der Waals surface area contributed by atoms with Gasteiger partial charge in [0.1, 0.15) is 17.3 Å². The molecule has 1 aromatic carbocycles. The number of nitrogens with zero attached hydrogens (tertiary/aromatic N) is 4. The van der Waals surface area contributed by atoms with Gasteiger partial charge in [0.05, 0.1) is 25.8 Å². The minimum atomic E-state index is -0.977. The number of carbonyl (C=O) groups is 1. The maximum atomic E-state index is 11.1. The Kier molecular flexibility index (Phi) is 4.67. The first-order valence-corrected chi connectivity index (χ1v) is 7.84. The Morgan fingerprint density at radius 1 is 1.28 bits per heavy atom. The summed E-state index contributed by atoms with van der Waals surface area (Å²) >= 11 is 0. The normalized spacial score (nSPS) is 11.2. The monoisotopic (exact) mass is 340 g/mol. The fraction of sp³-hybridized carbons (Fsp3) is 0.278. The van der Waals surface area contributed by atoms with Crippen molar-refractivity contribution in [3.05, 3.63) is 53.5 Å². The number of pyridine rings is 1. The summed E-state index contributed by atoms with van der Waals surface area (Å²) in [4.78, 5) is 22.3. The standard InChI is InChI=1S/C18H20N4O3/c1-21(2)11-16-19-14-5-4-8-22(17(14)20-16)10-13-7-6-12(18(23)24)9-15(13)25-3/h4-9H,10-11H2,1-3H3,(H,23,24). The minimum absolute atomic E-state index is 0.199. The van der Waals surface area contributed by atoms with E-state index in [4.69, 9.17) is 9.84 Å². The number of imidazole rings is 1. The summed E-state index contributed by atoms with van der Waals surface area (Å²) in [6.45, 7) is 1.19. The fourth-order valence-electron chi connectivity index (χ4n) is 2.70. The third kappa shape index (κ3) is 3.61. The lowest BCUT2D eigenvalue weighted by Crippen LogP contribution is -2.11. The third-order valence-corrected chi connectivity index (χ3v) is 3.84. The highest BCUT2D eigenvalue weighted by Gasteiger charge is 2.16. The molecule has 0 fully saturated rings. The molecule has 0 bridgehead atoms. The first kappa shape index (κ1) is 16.9. The Hall–Kier alpha value is -2.93. The Morgan fingerprint density at radius 3 is 2.76 bits per heavy atom. The van der Waals surface area contributed by atoms with E-state index < -0.39 is 5.97 Å². The van der Waals surface area contributed by atoms with E-state index in [9.17, 15) is 4.79 Å². The van der Waals surface area contributed by atoms with Crippen LogP contribution in [0, 0.1) is 0 Å². The number of methoxy groups -OCH3 is 1. The number of ether oxygens (including phenoxy) is 1. The van der Waals surface area contributed by atoms with Gasteiger partial charge in [-0.2, -0.15) is 0 Å². The van der Waals surface area contributed by atoms with Gasteiger partial charge in [0, 0.05) is 11.8 Å². The van der Waals surface area contributed by atoms with Crippen molar-refractivity contribution in [2.75, 3.05) is 21.2 Å².